The largest absolute Gasteiger partial charge is 0.463 e. The van der Waals surface area contributed by atoms with E-state index in [1.165, 1.54) is 20.8 Å². The number of rotatable bonds is 76. The zero-order chi connectivity index (χ0) is 88.0. The SMILES string of the molecule is CC(=O)OCC1OC(OCCOCCOCCOCCCC(=O)CCOCCCOCC(COCCCOCCC(=O)CCCOCCOCCOCCOC2OC(COC(C)=O)C(C)C(C)C2C)(COCCCOCCC(=O)CCCOCCOCCOCCOC2OC(COC(C)=O)C(C)C(C)C2C)NC(=O)OC(C)(C)C)C(C)C(C)C1C. The van der Waals surface area contributed by atoms with Gasteiger partial charge >= 0.3 is 24.0 Å². The van der Waals surface area contributed by atoms with Gasteiger partial charge in [0, 0.05) is 137 Å². The van der Waals surface area contributed by atoms with E-state index in [0.717, 1.165) is 0 Å². The Labute approximate surface area is 716 Å². The van der Waals surface area contributed by atoms with Crippen LogP contribution in [0.4, 0.5) is 4.79 Å². The molecule has 1 amide bonds. The molecule has 702 valence electrons. The van der Waals surface area contributed by atoms with Crippen molar-refractivity contribution in [2.75, 3.05) is 238 Å². The normalized spacial score (nSPS) is 23.8. The van der Waals surface area contributed by atoms with Gasteiger partial charge in [0.1, 0.15) is 48.3 Å². The molecule has 0 saturated carbocycles. The van der Waals surface area contributed by atoms with Gasteiger partial charge in [-0.2, -0.15) is 0 Å². The molecule has 33 nitrogen and oxygen atoms in total. The van der Waals surface area contributed by atoms with Crippen LogP contribution >= 0.6 is 0 Å². The molecule has 15 atom stereocenters. The highest BCUT2D eigenvalue weighted by molar-refractivity contribution is 5.79. The predicted molar refractivity (Wildman–Crippen MR) is 441 cm³/mol. The summed E-state index contributed by atoms with van der Waals surface area (Å²) in [4.78, 5) is 85.6. The molecule has 0 aromatic rings. The number of carbonyl (C=O) groups is 7. The molecule has 0 aromatic carbocycles. The van der Waals surface area contributed by atoms with Crippen molar-refractivity contribution in [3.05, 3.63) is 0 Å². The van der Waals surface area contributed by atoms with Gasteiger partial charge in [0.25, 0.3) is 0 Å². The quantitative estimate of drug-likeness (QED) is 0.0336. The first kappa shape index (κ1) is 110. The first-order valence-corrected chi connectivity index (χ1v) is 44.1. The van der Waals surface area contributed by atoms with Crippen molar-refractivity contribution in [1.82, 2.24) is 5.32 Å². The monoisotopic (exact) mass is 1730 g/mol. The number of alkyl carbamates (subject to hydrolysis) is 1. The topological polar surface area (TPSA) is 362 Å². The fraction of sp³-hybridized carbons (Fsp3) is 0.920. The van der Waals surface area contributed by atoms with Crippen molar-refractivity contribution in [1.29, 1.82) is 0 Å². The molecule has 0 aliphatic carbocycles. The van der Waals surface area contributed by atoms with Crippen molar-refractivity contribution >= 4 is 41.4 Å². The summed E-state index contributed by atoms with van der Waals surface area (Å²) >= 11 is 0. The lowest BCUT2D eigenvalue weighted by Gasteiger charge is -2.43. The summed E-state index contributed by atoms with van der Waals surface area (Å²) in [5.41, 5.74) is -2.00. The van der Waals surface area contributed by atoms with Crippen LogP contribution in [0.1, 0.15) is 181 Å². The Kier molecular flexibility index (Phi) is 62.4. The first-order chi connectivity index (χ1) is 57.6. The minimum absolute atomic E-state index is 0.00181. The van der Waals surface area contributed by atoms with Crippen molar-refractivity contribution in [2.45, 2.75) is 229 Å². The van der Waals surface area contributed by atoms with Crippen LogP contribution in [0.15, 0.2) is 0 Å². The maximum absolute atomic E-state index is 13.5. The van der Waals surface area contributed by atoms with Crippen LogP contribution in [0.2, 0.25) is 0 Å². The van der Waals surface area contributed by atoms with Crippen molar-refractivity contribution in [3.8, 4) is 0 Å². The Morgan fingerprint density at radius 2 is 0.492 bits per heavy atom. The third-order valence-electron chi connectivity index (χ3n) is 21.5. The van der Waals surface area contributed by atoms with Crippen molar-refractivity contribution < 1.29 is 152 Å². The number of hydrogen-bond acceptors (Lipinski definition) is 32. The number of nitrogens with one attached hydrogen (secondary N) is 1. The van der Waals surface area contributed by atoms with Crippen molar-refractivity contribution in [2.24, 2.45) is 53.3 Å². The summed E-state index contributed by atoms with van der Waals surface area (Å²) < 4.78 is 145. The van der Waals surface area contributed by atoms with E-state index in [4.69, 9.17) is 118 Å². The van der Waals surface area contributed by atoms with E-state index in [9.17, 15) is 33.6 Å². The summed E-state index contributed by atoms with van der Waals surface area (Å²) in [5, 5.41) is 2.99. The first-order valence-electron chi connectivity index (χ1n) is 44.1. The minimum atomic E-state index is -1.19. The zero-order valence-corrected chi connectivity index (χ0v) is 75.7. The Balaban J connectivity index is 1.32. The smallest absolute Gasteiger partial charge is 0.408 e. The number of ether oxygens (including phenoxy) is 25. The molecular formula is C87H157NO32. The Hall–Kier alpha value is -4.15. The van der Waals surface area contributed by atoms with E-state index in [0.29, 0.717) is 234 Å². The van der Waals surface area contributed by atoms with Crippen LogP contribution in [0.3, 0.4) is 0 Å². The van der Waals surface area contributed by atoms with Crippen molar-refractivity contribution in [3.63, 3.8) is 0 Å². The Morgan fingerprint density at radius 1 is 0.267 bits per heavy atom. The molecule has 3 aliphatic heterocycles. The summed E-state index contributed by atoms with van der Waals surface area (Å²) in [6.07, 6.45) is 2.55. The van der Waals surface area contributed by atoms with E-state index in [1.54, 1.807) is 20.8 Å². The second-order valence-corrected chi connectivity index (χ2v) is 32.5. The number of Topliss-reactive ketones (excluding diaryl/α,β-unsaturated/α-hetero) is 3. The highest BCUT2D eigenvalue weighted by Gasteiger charge is 2.43. The Morgan fingerprint density at radius 3 is 0.742 bits per heavy atom. The van der Waals surface area contributed by atoms with Crippen LogP contribution in [0.5, 0.6) is 0 Å². The van der Waals surface area contributed by atoms with E-state index in [2.05, 4.69) is 67.6 Å². The molecule has 0 radical (unpaired) electrons. The predicted octanol–water partition coefficient (Wildman–Crippen LogP) is 9.53. The van der Waals surface area contributed by atoms with Gasteiger partial charge < -0.3 is 124 Å². The van der Waals surface area contributed by atoms with E-state index >= 15 is 0 Å². The molecule has 3 fully saturated rings. The molecule has 3 saturated heterocycles. The van der Waals surface area contributed by atoms with Gasteiger partial charge in [-0.1, -0.05) is 62.3 Å². The molecule has 1 N–H and O–H groups in total. The Bertz CT molecular complexity index is 2390. The maximum atomic E-state index is 13.5. The van der Waals surface area contributed by atoms with Crippen LogP contribution in [-0.2, 0) is 147 Å². The highest BCUT2D eigenvalue weighted by Crippen LogP contribution is 2.38. The van der Waals surface area contributed by atoms with Gasteiger partial charge in [-0.25, -0.2) is 4.79 Å². The molecule has 0 bridgehead atoms. The summed E-state index contributed by atoms with van der Waals surface area (Å²) in [6.45, 7) is 40.0. The molecule has 3 rings (SSSR count). The average molecular weight is 1730 g/mol. The van der Waals surface area contributed by atoms with Crippen LogP contribution < -0.4 is 5.32 Å². The minimum Gasteiger partial charge on any atom is -0.463 e. The lowest BCUT2D eigenvalue weighted by molar-refractivity contribution is -0.258. The lowest BCUT2D eigenvalue weighted by Crippen LogP contribution is -2.59. The summed E-state index contributed by atoms with van der Waals surface area (Å²) in [5.74, 6) is 1.39. The second kappa shape index (κ2) is 68.1. The van der Waals surface area contributed by atoms with Gasteiger partial charge in [0.15, 0.2) is 18.9 Å². The fourth-order valence-electron chi connectivity index (χ4n) is 13.2. The zero-order valence-electron chi connectivity index (χ0n) is 75.7. The van der Waals surface area contributed by atoms with Crippen LogP contribution in [0, 0.1) is 53.3 Å². The summed E-state index contributed by atoms with van der Waals surface area (Å²) in [6, 6.07) is 0. The average Bonchev–Trinajstić information content (AvgIpc) is 0.834. The number of carbonyl (C=O) groups excluding carboxylic acids is 7. The number of amides is 1. The van der Waals surface area contributed by atoms with Gasteiger partial charge in [-0.15, -0.1) is 0 Å². The van der Waals surface area contributed by atoms with Gasteiger partial charge in [0.2, 0.25) is 0 Å². The van der Waals surface area contributed by atoms with Crippen LogP contribution in [0.25, 0.3) is 0 Å². The molecule has 120 heavy (non-hydrogen) atoms. The molecule has 3 heterocycles. The number of ketones is 3. The van der Waals surface area contributed by atoms with Gasteiger partial charge in [-0.3, -0.25) is 28.8 Å². The molecule has 15 unspecified atom stereocenters. The van der Waals surface area contributed by atoms with Gasteiger partial charge in [-0.05, 0) is 94.8 Å². The molecule has 0 spiro atoms. The standard InChI is InChI=1S/C87H157NO32/c1-64-67(4)79(58-114-73(10)89)117-82(70(64)7)111-55-52-105-49-46-102-43-40-99-28-16-22-76(92)25-37-96-31-19-34-108-61-87(88-85(95)120-86(13,14)15,62-109-35-20-32-97-38-26-77(93)23-17-29-100-41-44-103-47-50-106-53-56-112-83-71(8)65(2)68(5)80(118-83)59-115-74(11)90)63-110-36-21-33-98-39-27-78(94)24-18-30-101-42-45-104-48-51-107-54-57-113-84-72(9)66(3)69(6)81(119-84)60-116-75(12)91/h64-72,79-84H,16-63H2,1-15H3,(H,88,95). The second-order valence-electron chi connectivity index (χ2n) is 32.5. The lowest BCUT2D eigenvalue weighted by atomic mass is 9.79. The fourth-order valence-corrected chi connectivity index (χ4v) is 13.2. The highest BCUT2D eigenvalue weighted by atomic mass is 16.7. The number of esters is 3. The molecule has 3 aliphatic rings. The van der Waals surface area contributed by atoms with Crippen LogP contribution in [-0.4, -0.2) is 328 Å². The van der Waals surface area contributed by atoms with E-state index in [1.807, 2.05) is 0 Å². The molecule has 33 heteroatoms. The third-order valence-corrected chi connectivity index (χ3v) is 21.5. The summed E-state index contributed by atoms with van der Waals surface area (Å²) in [7, 11) is 0. The van der Waals surface area contributed by atoms with E-state index < -0.39 is 36.1 Å². The van der Waals surface area contributed by atoms with Gasteiger partial charge in [0.05, 0.1) is 177 Å². The molecule has 0 aromatic heterocycles. The maximum Gasteiger partial charge on any atom is 0.408 e. The van der Waals surface area contributed by atoms with E-state index in [-0.39, 0.29) is 188 Å². The molecular weight excluding hydrogens is 1570 g/mol. The third kappa shape index (κ3) is 53.4. The number of hydrogen-bond donors (Lipinski definition) is 1.